The van der Waals surface area contributed by atoms with Gasteiger partial charge < -0.3 is 10.0 Å². The van der Waals surface area contributed by atoms with Crippen LogP contribution in [0.2, 0.25) is 0 Å². The third-order valence-corrected chi connectivity index (χ3v) is 4.07. The lowest BCUT2D eigenvalue weighted by molar-refractivity contribution is -0.186. The van der Waals surface area contributed by atoms with Crippen LogP contribution in [0.5, 0.6) is 0 Å². The number of alkyl halides is 3. The van der Waals surface area contributed by atoms with Gasteiger partial charge in [0.2, 0.25) is 0 Å². The molecule has 0 bridgehead atoms. The first kappa shape index (κ1) is 17.0. The van der Waals surface area contributed by atoms with Crippen molar-refractivity contribution in [3.05, 3.63) is 46.8 Å². The summed E-state index contributed by atoms with van der Waals surface area (Å²) in [6.07, 6.45) is -4.90. The maximum atomic E-state index is 12.6. The van der Waals surface area contributed by atoms with Crippen molar-refractivity contribution in [1.82, 2.24) is 14.7 Å². The van der Waals surface area contributed by atoms with E-state index in [1.807, 2.05) is 19.1 Å². The largest absolute Gasteiger partial charge is 0.476 e. The molecular formula is C16H14F3N3O3. The Morgan fingerprint density at radius 1 is 1.20 bits per heavy atom. The Bertz CT molecular complexity index is 841. The number of aryl methyl sites for hydroxylation is 1. The lowest BCUT2D eigenvalue weighted by Crippen LogP contribution is -2.44. The second-order valence-electron chi connectivity index (χ2n) is 5.80. The van der Waals surface area contributed by atoms with Gasteiger partial charge in [0.1, 0.15) is 0 Å². The van der Waals surface area contributed by atoms with Gasteiger partial charge in [-0.2, -0.15) is 18.3 Å². The van der Waals surface area contributed by atoms with E-state index in [1.54, 1.807) is 12.1 Å². The summed E-state index contributed by atoms with van der Waals surface area (Å²) in [5.41, 5.74) is 1.93. The highest BCUT2D eigenvalue weighted by atomic mass is 19.4. The Labute approximate surface area is 140 Å². The van der Waals surface area contributed by atoms with E-state index in [0.717, 1.165) is 5.56 Å². The number of aromatic nitrogens is 2. The van der Waals surface area contributed by atoms with E-state index < -0.39 is 24.6 Å². The van der Waals surface area contributed by atoms with E-state index >= 15 is 0 Å². The summed E-state index contributed by atoms with van der Waals surface area (Å²) in [4.78, 5) is 23.5. The number of hydrogen-bond acceptors (Lipinski definition) is 3. The van der Waals surface area contributed by atoms with Crippen molar-refractivity contribution in [3.63, 3.8) is 0 Å². The van der Waals surface area contributed by atoms with E-state index in [2.05, 4.69) is 5.10 Å². The Balaban J connectivity index is 2.03. The number of carboxylic acid groups (broad SMARTS) is 1. The molecule has 2 aromatic rings. The maximum Gasteiger partial charge on any atom is 0.471 e. The van der Waals surface area contributed by atoms with Gasteiger partial charge in [0, 0.05) is 18.5 Å². The summed E-state index contributed by atoms with van der Waals surface area (Å²) in [6.45, 7) is 1.31. The van der Waals surface area contributed by atoms with Gasteiger partial charge in [-0.05, 0) is 19.1 Å². The van der Waals surface area contributed by atoms with E-state index in [1.165, 1.54) is 4.68 Å². The summed E-state index contributed by atoms with van der Waals surface area (Å²) in [6, 6.07) is 7.15. The molecule has 1 aliphatic heterocycles. The molecule has 0 atom stereocenters. The second kappa shape index (κ2) is 5.91. The van der Waals surface area contributed by atoms with Crippen LogP contribution in [-0.2, 0) is 17.8 Å². The number of benzene rings is 1. The molecule has 3 rings (SSSR count). The summed E-state index contributed by atoms with van der Waals surface area (Å²) in [7, 11) is 0. The van der Waals surface area contributed by atoms with Crippen LogP contribution in [0.15, 0.2) is 24.3 Å². The van der Waals surface area contributed by atoms with Crippen LogP contribution in [-0.4, -0.2) is 44.4 Å². The van der Waals surface area contributed by atoms with Gasteiger partial charge in [0.25, 0.3) is 0 Å². The average molecular weight is 353 g/mol. The normalized spacial score (nSPS) is 14.3. The Morgan fingerprint density at radius 3 is 2.40 bits per heavy atom. The quantitative estimate of drug-likeness (QED) is 0.899. The molecule has 1 aromatic carbocycles. The molecule has 0 unspecified atom stereocenters. The minimum absolute atomic E-state index is 0.0886. The van der Waals surface area contributed by atoms with Crippen LogP contribution < -0.4 is 0 Å². The number of amides is 1. The Kier molecular flexibility index (Phi) is 4.02. The Hall–Kier alpha value is -2.84. The van der Waals surface area contributed by atoms with Crippen LogP contribution in [0.25, 0.3) is 5.69 Å². The highest BCUT2D eigenvalue weighted by molar-refractivity contribution is 5.88. The topological polar surface area (TPSA) is 75.4 Å². The molecule has 0 radical (unpaired) electrons. The fourth-order valence-corrected chi connectivity index (χ4v) is 2.84. The van der Waals surface area contributed by atoms with Crippen molar-refractivity contribution < 1.29 is 27.9 Å². The number of hydrogen-bond donors (Lipinski definition) is 1. The van der Waals surface area contributed by atoms with Crippen LogP contribution in [0, 0.1) is 6.92 Å². The van der Waals surface area contributed by atoms with Crippen molar-refractivity contribution in [1.29, 1.82) is 0 Å². The predicted octanol–water partition coefficient (Wildman–Crippen LogP) is 2.33. The number of halogens is 3. The molecule has 6 nitrogen and oxygen atoms in total. The highest BCUT2D eigenvalue weighted by Crippen LogP contribution is 2.28. The molecule has 1 aromatic heterocycles. The number of carbonyl (C=O) groups excluding carboxylic acids is 1. The van der Waals surface area contributed by atoms with Gasteiger partial charge in [0.05, 0.1) is 17.9 Å². The number of rotatable bonds is 2. The lowest BCUT2D eigenvalue weighted by atomic mass is 10.0. The van der Waals surface area contributed by atoms with E-state index in [0.29, 0.717) is 16.3 Å². The van der Waals surface area contributed by atoms with Gasteiger partial charge in [-0.15, -0.1) is 0 Å². The molecule has 0 aliphatic carbocycles. The zero-order valence-corrected chi connectivity index (χ0v) is 13.2. The summed E-state index contributed by atoms with van der Waals surface area (Å²) >= 11 is 0. The summed E-state index contributed by atoms with van der Waals surface area (Å²) < 4.78 is 39.4. The molecule has 25 heavy (non-hydrogen) atoms. The summed E-state index contributed by atoms with van der Waals surface area (Å²) in [5, 5.41) is 13.4. The fourth-order valence-electron chi connectivity index (χ4n) is 2.84. The number of carboxylic acids is 1. The zero-order chi connectivity index (χ0) is 18.4. The molecule has 1 N–H and O–H groups in total. The van der Waals surface area contributed by atoms with Crippen molar-refractivity contribution in [2.24, 2.45) is 0 Å². The number of fused-ring (bicyclic) bond motifs is 1. The molecule has 1 aliphatic rings. The third-order valence-electron chi connectivity index (χ3n) is 4.07. The number of carbonyl (C=O) groups is 2. The fraction of sp³-hybridized carbons (Fsp3) is 0.312. The van der Waals surface area contributed by atoms with Gasteiger partial charge >= 0.3 is 18.1 Å². The third kappa shape index (κ3) is 3.09. The van der Waals surface area contributed by atoms with Crippen LogP contribution in [0.4, 0.5) is 13.2 Å². The standard InChI is InChI=1S/C16H14F3N3O3/c1-9-2-4-10(5-3-9)22-12-6-7-21(15(25)16(17,18)19)8-11(12)13(20-22)14(23)24/h2-5H,6-8H2,1H3,(H,23,24). The molecular weight excluding hydrogens is 339 g/mol. The smallest absolute Gasteiger partial charge is 0.471 e. The molecule has 0 saturated carbocycles. The summed E-state index contributed by atoms with van der Waals surface area (Å²) in [5.74, 6) is -3.32. The molecule has 132 valence electrons. The monoisotopic (exact) mass is 353 g/mol. The number of nitrogens with zero attached hydrogens (tertiary/aromatic N) is 3. The van der Waals surface area contributed by atoms with Crippen molar-refractivity contribution in [2.45, 2.75) is 26.1 Å². The van der Waals surface area contributed by atoms with Crippen LogP contribution in [0.1, 0.15) is 27.3 Å². The second-order valence-corrected chi connectivity index (χ2v) is 5.80. The first-order chi connectivity index (χ1) is 11.7. The van der Waals surface area contributed by atoms with Crippen molar-refractivity contribution >= 4 is 11.9 Å². The van der Waals surface area contributed by atoms with E-state index in [-0.39, 0.29) is 24.2 Å². The van der Waals surface area contributed by atoms with Gasteiger partial charge in [0.15, 0.2) is 5.69 Å². The highest BCUT2D eigenvalue weighted by Gasteiger charge is 2.44. The van der Waals surface area contributed by atoms with Crippen molar-refractivity contribution in [2.75, 3.05) is 6.54 Å². The SMILES string of the molecule is Cc1ccc(-n2nc(C(=O)O)c3c2CCN(C(=O)C(F)(F)F)C3)cc1. The van der Waals surface area contributed by atoms with Gasteiger partial charge in [-0.3, -0.25) is 4.79 Å². The average Bonchev–Trinajstić information content (AvgIpc) is 2.93. The first-order valence-electron chi connectivity index (χ1n) is 7.45. The van der Waals surface area contributed by atoms with Gasteiger partial charge in [-0.1, -0.05) is 17.7 Å². The first-order valence-corrected chi connectivity index (χ1v) is 7.45. The lowest BCUT2D eigenvalue weighted by Gasteiger charge is -2.28. The van der Waals surface area contributed by atoms with Gasteiger partial charge in [-0.25, -0.2) is 9.48 Å². The molecule has 1 amide bonds. The Morgan fingerprint density at radius 2 is 1.84 bits per heavy atom. The molecule has 0 fully saturated rings. The molecule has 0 saturated heterocycles. The maximum absolute atomic E-state index is 12.6. The predicted molar refractivity (Wildman–Crippen MR) is 80.4 cm³/mol. The molecule has 2 heterocycles. The minimum atomic E-state index is -4.99. The zero-order valence-electron chi connectivity index (χ0n) is 13.2. The van der Waals surface area contributed by atoms with Crippen LogP contribution in [0.3, 0.4) is 0 Å². The van der Waals surface area contributed by atoms with E-state index in [9.17, 15) is 27.9 Å². The van der Waals surface area contributed by atoms with E-state index in [4.69, 9.17) is 0 Å². The number of aromatic carboxylic acids is 1. The van der Waals surface area contributed by atoms with Crippen LogP contribution >= 0.6 is 0 Å². The van der Waals surface area contributed by atoms with Crippen molar-refractivity contribution in [3.8, 4) is 5.69 Å². The minimum Gasteiger partial charge on any atom is -0.476 e. The molecule has 0 spiro atoms. The molecule has 9 heteroatoms.